The fourth-order valence-electron chi connectivity index (χ4n) is 2.32. The molecule has 0 N–H and O–H groups in total. The van der Waals surface area contributed by atoms with Crippen LogP contribution in [-0.4, -0.2) is 36.1 Å². The number of pyridine rings is 1. The quantitative estimate of drug-likeness (QED) is 0.693. The Morgan fingerprint density at radius 3 is 2.40 bits per heavy atom. The molecule has 25 heavy (non-hydrogen) atoms. The lowest BCUT2D eigenvalue weighted by atomic mass is 10.1. The Kier molecular flexibility index (Phi) is 7.26. The van der Waals surface area contributed by atoms with Crippen molar-refractivity contribution >= 4 is 5.91 Å². The third-order valence-corrected chi connectivity index (χ3v) is 3.59. The Bertz CT molecular complexity index is 674. The average molecular weight is 342 g/mol. The van der Waals surface area contributed by atoms with E-state index in [1.54, 1.807) is 30.3 Å². The Hall–Kier alpha value is -2.56. The number of aromatic nitrogens is 1. The molecule has 5 nitrogen and oxygen atoms in total. The Balaban J connectivity index is 2.14. The smallest absolute Gasteiger partial charge is 0.254 e. The summed E-state index contributed by atoms with van der Waals surface area (Å²) in [5.41, 5.74) is 1.43. The summed E-state index contributed by atoms with van der Waals surface area (Å²) in [5.74, 6) is 1.22. The molecule has 0 aliphatic rings. The number of benzene rings is 1. The second-order valence-electron chi connectivity index (χ2n) is 5.84. The molecule has 0 fully saturated rings. The second-order valence-corrected chi connectivity index (χ2v) is 5.84. The molecule has 1 heterocycles. The number of carbonyl (C=O) groups excluding carboxylic acids is 1. The lowest BCUT2D eigenvalue weighted by Gasteiger charge is -2.18. The van der Waals surface area contributed by atoms with Gasteiger partial charge in [0.15, 0.2) is 11.5 Å². The maximum Gasteiger partial charge on any atom is 0.254 e. The molecule has 0 unspecified atom stereocenters. The van der Waals surface area contributed by atoms with Crippen LogP contribution in [0.5, 0.6) is 11.5 Å². The molecule has 0 saturated heterocycles. The molecule has 0 bridgehead atoms. The van der Waals surface area contributed by atoms with Crippen LogP contribution in [0.1, 0.15) is 42.7 Å². The van der Waals surface area contributed by atoms with Gasteiger partial charge in [-0.2, -0.15) is 0 Å². The van der Waals surface area contributed by atoms with Crippen LogP contribution in [0, 0.1) is 0 Å². The van der Waals surface area contributed by atoms with Crippen molar-refractivity contribution < 1.29 is 14.3 Å². The molecule has 1 aromatic heterocycles. The van der Waals surface area contributed by atoms with Crippen LogP contribution in [0.3, 0.4) is 0 Å². The van der Waals surface area contributed by atoms with E-state index >= 15 is 0 Å². The second kappa shape index (κ2) is 9.67. The predicted octanol–water partition coefficient (Wildman–Crippen LogP) is 3.93. The molecule has 2 rings (SSSR count). The van der Waals surface area contributed by atoms with Gasteiger partial charge in [0.05, 0.1) is 25.5 Å². The van der Waals surface area contributed by atoms with Crippen LogP contribution in [0.25, 0.3) is 0 Å². The Morgan fingerprint density at radius 1 is 1.04 bits per heavy atom. The van der Waals surface area contributed by atoms with E-state index in [1.807, 2.05) is 31.2 Å². The van der Waals surface area contributed by atoms with Crippen LogP contribution in [0.15, 0.2) is 42.6 Å². The van der Waals surface area contributed by atoms with Crippen molar-refractivity contribution in [1.82, 2.24) is 9.88 Å². The average Bonchev–Trinajstić information content (AvgIpc) is 2.65. The van der Waals surface area contributed by atoms with Gasteiger partial charge >= 0.3 is 0 Å². The summed E-state index contributed by atoms with van der Waals surface area (Å²) in [5, 5.41) is 0. The summed E-state index contributed by atoms with van der Waals surface area (Å²) >= 11 is 0. The first kappa shape index (κ1) is 18.8. The molecule has 1 aromatic carbocycles. The van der Waals surface area contributed by atoms with Crippen LogP contribution in [0.4, 0.5) is 0 Å². The number of hydrogen-bond donors (Lipinski definition) is 0. The van der Waals surface area contributed by atoms with Gasteiger partial charge in [0.1, 0.15) is 0 Å². The third kappa shape index (κ3) is 5.48. The molecule has 0 radical (unpaired) electrons. The van der Waals surface area contributed by atoms with Gasteiger partial charge in [-0.1, -0.05) is 19.9 Å². The highest BCUT2D eigenvalue weighted by Gasteiger charge is 2.16. The largest absolute Gasteiger partial charge is 0.490 e. The molecule has 0 spiro atoms. The van der Waals surface area contributed by atoms with Crippen molar-refractivity contribution in [1.29, 1.82) is 0 Å². The first-order valence-corrected chi connectivity index (χ1v) is 8.70. The van der Waals surface area contributed by atoms with Crippen molar-refractivity contribution in [3.05, 3.63) is 53.9 Å². The fourth-order valence-corrected chi connectivity index (χ4v) is 2.32. The topological polar surface area (TPSA) is 51.7 Å². The zero-order chi connectivity index (χ0) is 18.1. The van der Waals surface area contributed by atoms with Gasteiger partial charge in [-0.3, -0.25) is 9.78 Å². The molecular formula is C20H26N2O3. The van der Waals surface area contributed by atoms with Gasteiger partial charge in [-0.15, -0.1) is 0 Å². The minimum absolute atomic E-state index is 0.0750. The van der Waals surface area contributed by atoms with E-state index in [0.717, 1.165) is 18.5 Å². The van der Waals surface area contributed by atoms with E-state index in [2.05, 4.69) is 11.9 Å². The van der Waals surface area contributed by atoms with E-state index < -0.39 is 0 Å². The van der Waals surface area contributed by atoms with E-state index in [0.29, 0.717) is 36.8 Å². The Labute approximate surface area is 149 Å². The van der Waals surface area contributed by atoms with E-state index in [-0.39, 0.29) is 5.91 Å². The molecular weight excluding hydrogens is 316 g/mol. The predicted molar refractivity (Wildman–Crippen MR) is 98.0 cm³/mol. The van der Waals surface area contributed by atoms with Gasteiger partial charge in [-0.25, -0.2) is 0 Å². The number of amides is 1. The van der Waals surface area contributed by atoms with E-state index in [9.17, 15) is 4.79 Å². The highest BCUT2D eigenvalue weighted by molar-refractivity contribution is 5.94. The van der Waals surface area contributed by atoms with Gasteiger partial charge < -0.3 is 14.4 Å². The number of ether oxygens (including phenoxy) is 2. The minimum atomic E-state index is -0.0750. The van der Waals surface area contributed by atoms with Crippen LogP contribution in [0.2, 0.25) is 0 Å². The molecule has 0 aliphatic carbocycles. The third-order valence-electron chi connectivity index (χ3n) is 3.59. The molecule has 2 aromatic rings. The summed E-state index contributed by atoms with van der Waals surface area (Å²) in [6.07, 6.45) is 3.54. The SMILES string of the molecule is CCCOc1ccc(C(=O)N(C)Cc2ccccn2)cc1OCCC. The van der Waals surface area contributed by atoms with Crippen LogP contribution in [-0.2, 0) is 6.54 Å². The van der Waals surface area contributed by atoms with E-state index in [4.69, 9.17) is 9.47 Å². The van der Waals surface area contributed by atoms with Gasteiger partial charge in [0.2, 0.25) is 0 Å². The van der Waals surface area contributed by atoms with Crippen molar-refractivity contribution in [3.8, 4) is 11.5 Å². The normalized spacial score (nSPS) is 10.4. The first-order valence-electron chi connectivity index (χ1n) is 8.70. The van der Waals surface area contributed by atoms with Crippen LogP contribution < -0.4 is 9.47 Å². The lowest BCUT2D eigenvalue weighted by molar-refractivity contribution is 0.0783. The Morgan fingerprint density at radius 2 is 1.76 bits per heavy atom. The molecule has 1 amide bonds. The van der Waals surface area contributed by atoms with Crippen molar-refractivity contribution in [2.24, 2.45) is 0 Å². The highest BCUT2D eigenvalue weighted by Crippen LogP contribution is 2.29. The highest BCUT2D eigenvalue weighted by atomic mass is 16.5. The summed E-state index contributed by atoms with van der Waals surface area (Å²) in [6.45, 7) is 5.76. The first-order chi connectivity index (χ1) is 12.2. The number of nitrogens with zero attached hydrogens (tertiary/aromatic N) is 2. The van der Waals surface area contributed by atoms with Crippen molar-refractivity contribution in [3.63, 3.8) is 0 Å². The van der Waals surface area contributed by atoms with Crippen molar-refractivity contribution in [2.75, 3.05) is 20.3 Å². The zero-order valence-electron chi connectivity index (χ0n) is 15.2. The number of carbonyl (C=O) groups is 1. The van der Waals surface area contributed by atoms with Gasteiger partial charge in [-0.05, 0) is 43.2 Å². The molecule has 0 atom stereocenters. The zero-order valence-corrected chi connectivity index (χ0v) is 15.2. The molecule has 0 saturated carbocycles. The number of rotatable bonds is 9. The summed E-state index contributed by atoms with van der Waals surface area (Å²) < 4.78 is 11.5. The molecule has 0 aliphatic heterocycles. The monoisotopic (exact) mass is 342 g/mol. The van der Waals surface area contributed by atoms with Gasteiger partial charge in [0, 0.05) is 18.8 Å². The molecule has 5 heteroatoms. The van der Waals surface area contributed by atoms with E-state index in [1.165, 1.54) is 0 Å². The van der Waals surface area contributed by atoms with Crippen molar-refractivity contribution in [2.45, 2.75) is 33.2 Å². The molecule has 134 valence electrons. The summed E-state index contributed by atoms with van der Waals surface area (Å²) in [7, 11) is 1.77. The van der Waals surface area contributed by atoms with Crippen LogP contribution >= 0.6 is 0 Å². The maximum atomic E-state index is 12.7. The van der Waals surface area contributed by atoms with Gasteiger partial charge in [0.25, 0.3) is 5.91 Å². The standard InChI is InChI=1S/C20H26N2O3/c1-4-12-24-18-10-9-16(14-19(18)25-13-5-2)20(23)22(3)15-17-8-6-7-11-21-17/h6-11,14H,4-5,12-13,15H2,1-3H3. The minimum Gasteiger partial charge on any atom is -0.490 e. The fraction of sp³-hybridized carbons (Fsp3) is 0.400. The summed E-state index contributed by atoms with van der Waals surface area (Å²) in [6, 6.07) is 11.0. The number of hydrogen-bond acceptors (Lipinski definition) is 4. The maximum absolute atomic E-state index is 12.7. The lowest BCUT2D eigenvalue weighted by Crippen LogP contribution is -2.26. The summed E-state index contributed by atoms with van der Waals surface area (Å²) in [4.78, 5) is 18.6.